The van der Waals surface area contributed by atoms with E-state index in [2.05, 4.69) is 35.7 Å². The van der Waals surface area contributed by atoms with Crippen molar-refractivity contribution in [3.05, 3.63) is 17.8 Å². The van der Waals surface area contributed by atoms with Crippen LogP contribution in [0.3, 0.4) is 0 Å². The molecule has 4 rings (SSSR count). The molecule has 2 fully saturated rings. The van der Waals surface area contributed by atoms with E-state index in [1.54, 1.807) is 13.2 Å². The Labute approximate surface area is 182 Å². The zero-order valence-corrected chi connectivity index (χ0v) is 18.7. The van der Waals surface area contributed by atoms with Crippen molar-refractivity contribution in [3.8, 4) is 5.88 Å². The zero-order valence-electron chi connectivity index (χ0n) is 18.7. The van der Waals surface area contributed by atoms with Crippen molar-refractivity contribution >= 4 is 23.5 Å². The summed E-state index contributed by atoms with van der Waals surface area (Å²) in [6, 6.07) is 4.40. The fourth-order valence-electron chi connectivity index (χ4n) is 4.71. The first-order valence-corrected chi connectivity index (χ1v) is 10.9. The smallest absolute Gasteiger partial charge is 0.237 e. The lowest BCUT2D eigenvalue weighted by Gasteiger charge is -2.49. The molecule has 1 unspecified atom stereocenters. The molecule has 3 N–H and O–H groups in total. The van der Waals surface area contributed by atoms with Crippen molar-refractivity contribution in [1.82, 2.24) is 30.0 Å². The van der Waals surface area contributed by atoms with Gasteiger partial charge in [0, 0.05) is 36.0 Å². The number of anilines is 3. The van der Waals surface area contributed by atoms with Gasteiger partial charge in [0.05, 0.1) is 13.7 Å². The highest BCUT2D eigenvalue weighted by atomic mass is 16.5. The first-order valence-electron chi connectivity index (χ1n) is 10.9. The van der Waals surface area contributed by atoms with Crippen LogP contribution in [-0.4, -0.2) is 81.7 Å². The number of likely N-dealkylation sites (N-methyl/N-ethyl adjacent to an activating group) is 1. The minimum Gasteiger partial charge on any atom is -0.481 e. The fraction of sp³-hybridized carbons (Fsp3) is 0.619. The molecule has 0 aromatic carbocycles. The quantitative estimate of drug-likeness (QED) is 0.615. The van der Waals surface area contributed by atoms with Gasteiger partial charge in [-0.25, -0.2) is 0 Å². The van der Waals surface area contributed by atoms with Crippen LogP contribution in [0.4, 0.5) is 17.6 Å². The van der Waals surface area contributed by atoms with E-state index in [-0.39, 0.29) is 24.0 Å². The highest BCUT2D eigenvalue weighted by Gasteiger charge is 2.40. The summed E-state index contributed by atoms with van der Waals surface area (Å²) >= 11 is 0. The Morgan fingerprint density at radius 3 is 2.58 bits per heavy atom. The molecule has 10 heteroatoms. The van der Waals surface area contributed by atoms with Crippen molar-refractivity contribution in [3.63, 3.8) is 0 Å². The molecule has 3 atom stereocenters. The van der Waals surface area contributed by atoms with Crippen LogP contribution in [0.2, 0.25) is 0 Å². The maximum atomic E-state index is 12.8. The molecule has 0 saturated carbocycles. The summed E-state index contributed by atoms with van der Waals surface area (Å²) in [4.78, 5) is 26.0. The van der Waals surface area contributed by atoms with Crippen LogP contribution < -0.4 is 15.4 Å². The maximum Gasteiger partial charge on any atom is 0.237 e. The Morgan fingerprint density at radius 1 is 1.23 bits per heavy atom. The number of aromatic nitrogens is 4. The van der Waals surface area contributed by atoms with Gasteiger partial charge in [-0.15, -0.1) is 0 Å². The number of nitrogens with one attached hydrogen (secondary N) is 3. The molecule has 2 aliphatic heterocycles. The minimum atomic E-state index is 0.214. The number of nitrogens with zero attached hydrogens (tertiary/aromatic N) is 5. The monoisotopic (exact) mass is 428 g/mol. The van der Waals surface area contributed by atoms with E-state index in [0.717, 1.165) is 31.4 Å². The van der Waals surface area contributed by atoms with Gasteiger partial charge < -0.3 is 25.2 Å². The third-order valence-electron chi connectivity index (χ3n) is 5.92. The van der Waals surface area contributed by atoms with Gasteiger partial charge in [-0.3, -0.25) is 9.89 Å². The van der Waals surface area contributed by atoms with E-state index in [4.69, 9.17) is 4.74 Å². The third kappa shape index (κ3) is 5.07. The van der Waals surface area contributed by atoms with Crippen molar-refractivity contribution in [1.29, 1.82) is 0 Å². The summed E-state index contributed by atoms with van der Waals surface area (Å²) in [5.41, 5.74) is 0.962. The Morgan fingerprint density at radius 2 is 1.97 bits per heavy atom. The molecule has 2 aromatic rings. The number of amides is 1. The van der Waals surface area contributed by atoms with Crippen LogP contribution >= 0.6 is 0 Å². The van der Waals surface area contributed by atoms with Crippen LogP contribution in [-0.2, 0) is 4.79 Å². The Bertz CT molecular complexity index is 901. The second-order valence-electron chi connectivity index (χ2n) is 8.77. The molecule has 10 nitrogen and oxygen atoms in total. The number of aryl methyl sites for hydroxylation is 1. The molecule has 0 aliphatic carbocycles. The summed E-state index contributed by atoms with van der Waals surface area (Å²) in [6.07, 6.45) is 5.09. The van der Waals surface area contributed by atoms with Crippen LogP contribution in [0.1, 0.15) is 37.8 Å². The molecule has 2 aliphatic rings. The van der Waals surface area contributed by atoms with Gasteiger partial charge in [-0.2, -0.15) is 15.1 Å². The average molecular weight is 429 g/mol. The van der Waals surface area contributed by atoms with Gasteiger partial charge in [0.25, 0.3) is 0 Å². The van der Waals surface area contributed by atoms with E-state index in [1.165, 1.54) is 6.42 Å². The standard InChI is InChI=1S/C21H32N8O2/c1-13-8-18(27-26-13)23-17-11-19(31-4)25-21(24-17)22-14-9-15-6-5-7-16(10-14)29(15)20(30)12-28(2)3/h8,11,14-16H,5-7,9-10,12H2,1-4H3,(H3,22,23,24,25,26,27)/t14?,15-,16+. The number of ether oxygens (including phenoxy) is 1. The molecule has 0 radical (unpaired) electrons. The maximum absolute atomic E-state index is 12.8. The van der Waals surface area contributed by atoms with Gasteiger partial charge in [-0.1, -0.05) is 0 Å². The molecule has 2 bridgehead atoms. The van der Waals surface area contributed by atoms with Crippen molar-refractivity contribution in [2.75, 3.05) is 38.4 Å². The van der Waals surface area contributed by atoms with E-state index in [1.807, 2.05) is 32.0 Å². The summed E-state index contributed by atoms with van der Waals surface area (Å²) < 4.78 is 5.37. The molecule has 0 spiro atoms. The second kappa shape index (κ2) is 9.09. The Kier molecular flexibility index (Phi) is 6.26. The summed E-state index contributed by atoms with van der Waals surface area (Å²) in [5.74, 6) is 2.53. The van der Waals surface area contributed by atoms with E-state index in [0.29, 0.717) is 30.0 Å². The van der Waals surface area contributed by atoms with Gasteiger partial charge in [0.2, 0.25) is 17.7 Å². The molecule has 2 saturated heterocycles. The van der Waals surface area contributed by atoms with Crippen LogP contribution in [0, 0.1) is 6.92 Å². The number of fused-ring (bicyclic) bond motifs is 2. The SMILES string of the molecule is COc1cc(Nc2cc(C)[nH]n2)nc(NC2C[C@H]3CCC[C@@H](C2)N3C(=O)CN(C)C)n1. The molecule has 168 valence electrons. The van der Waals surface area contributed by atoms with Crippen molar-refractivity contribution in [2.24, 2.45) is 0 Å². The van der Waals surface area contributed by atoms with E-state index < -0.39 is 0 Å². The van der Waals surface area contributed by atoms with Crippen LogP contribution in [0.15, 0.2) is 12.1 Å². The van der Waals surface area contributed by atoms with Gasteiger partial charge in [0.1, 0.15) is 5.82 Å². The number of hydrogen-bond acceptors (Lipinski definition) is 8. The average Bonchev–Trinajstić information content (AvgIpc) is 3.11. The van der Waals surface area contributed by atoms with Gasteiger partial charge >= 0.3 is 0 Å². The lowest BCUT2D eigenvalue weighted by Crippen LogP contribution is -2.58. The predicted octanol–water partition coefficient (Wildman–Crippen LogP) is 2.15. The Balaban J connectivity index is 1.47. The van der Waals surface area contributed by atoms with Crippen LogP contribution in [0.25, 0.3) is 0 Å². The molecule has 4 heterocycles. The number of carbonyl (C=O) groups excluding carboxylic acids is 1. The lowest BCUT2D eigenvalue weighted by molar-refractivity contribution is -0.141. The van der Waals surface area contributed by atoms with E-state index >= 15 is 0 Å². The number of piperidine rings is 2. The first-order chi connectivity index (χ1) is 14.9. The Hall–Kier alpha value is -2.88. The fourth-order valence-corrected chi connectivity index (χ4v) is 4.71. The number of aromatic amines is 1. The third-order valence-corrected chi connectivity index (χ3v) is 5.92. The molecular formula is C21H32N8O2. The first kappa shape index (κ1) is 21.4. The minimum absolute atomic E-state index is 0.214. The number of H-pyrrole nitrogens is 1. The largest absolute Gasteiger partial charge is 0.481 e. The highest BCUT2D eigenvalue weighted by molar-refractivity contribution is 5.79. The number of carbonyl (C=O) groups is 1. The van der Waals surface area contributed by atoms with Gasteiger partial charge in [-0.05, 0) is 53.1 Å². The second-order valence-corrected chi connectivity index (χ2v) is 8.77. The predicted molar refractivity (Wildman–Crippen MR) is 119 cm³/mol. The topological polar surface area (TPSA) is 111 Å². The summed E-state index contributed by atoms with van der Waals surface area (Å²) in [7, 11) is 5.48. The zero-order chi connectivity index (χ0) is 22.0. The number of hydrogen-bond donors (Lipinski definition) is 3. The van der Waals surface area contributed by atoms with Crippen LogP contribution in [0.5, 0.6) is 5.88 Å². The number of rotatable bonds is 7. The van der Waals surface area contributed by atoms with Crippen molar-refractivity contribution in [2.45, 2.75) is 57.2 Å². The summed E-state index contributed by atoms with van der Waals surface area (Å²) in [6.45, 7) is 2.41. The summed E-state index contributed by atoms with van der Waals surface area (Å²) in [5, 5.41) is 13.8. The normalized spacial score (nSPS) is 23.0. The number of methoxy groups -OCH3 is 1. The molecule has 31 heavy (non-hydrogen) atoms. The molecular weight excluding hydrogens is 396 g/mol. The van der Waals surface area contributed by atoms with Crippen molar-refractivity contribution < 1.29 is 9.53 Å². The molecule has 1 amide bonds. The lowest BCUT2D eigenvalue weighted by atomic mass is 9.81. The van der Waals surface area contributed by atoms with E-state index in [9.17, 15) is 4.79 Å². The highest BCUT2D eigenvalue weighted by Crippen LogP contribution is 2.35. The molecule has 2 aromatic heterocycles. The van der Waals surface area contributed by atoms with Gasteiger partial charge in [0.15, 0.2) is 5.82 Å².